The minimum atomic E-state index is -0.689. The topological polar surface area (TPSA) is 150 Å². The van der Waals surface area contributed by atoms with Crippen molar-refractivity contribution in [2.24, 2.45) is 18.9 Å². The van der Waals surface area contributed by atoms with Gasteiger partial charge in [-0.05, 0) is 104 Å². The number of carbonyl (C=O) groups excluding carboxylic acids is 4. The van der Waals surface area contributed by atoms with Gasteiger partial charge in [0.15, 0.2) is 0 Å². The lowest BCUT2D eigenvalue weighted by molar-refractivity contribution is -0.131. The highest BCUT2D eigenvalue weighted by atomic mass is 19.1. The summed E-state index contributed by atoms with van der Waals surface area (Å²) >= 11 is 0. The van der Waals surface area contributed by atoms with E-state index in [1.165, 1.54) is 10.9 Å². The Morgan fingerprint density at radius 3 is 2.19 bits per heavy atom. The summed E-state index contributed by atoms with van der Waals surface area (Å²) in [6.07, 6.45) is 21.2. The molecule has 0 aliphatic carbocycles. The Kier molecular flexibility index (Phi) is 15.3. The third-order valence-corrected chi connectivity index (χ3v) is 13.3. The minimum Gasteiger partial charge on any atom is -0.352 e. The number of piperidine rings is 2. The number of para-hydroxylation sites is 1. The zero-order valence-corrected chi connectivity index (χ0v) is 38.1. The van der Waals surface area contributed by atoms with Gasteiger partial charge in [0.05, 0.1) is 17.5 Å². The standard InChI is InChI=1S/C28H33N5O2.C24H26F2N4O2/c1-32-19-22(23-7-2-3-8-26(23)32)17-27(34)33-14-10-20(11-15-33)6-4-5-12-30-28(35)25-16-21-18-29-13-9-24(21)31-25;25-19-5-6-21(26)20(15-19)24(32)29-12-8-17(9-13-29)3-1-2-10-28-23(31)18-4-7-22-27-11-14-30(22)16-18/h2-3,7-9,13,16,18-20,31H,4-6,10-12,14-15,17H2,1H3,(H,30,35);4-7,11,14-17H,1-3,8-10,12-13H2,(H,28,31). The number of aryl methyl sites for hydroxylation is 1. The van der Waals surface area contributed by atoms with E-state index in [0.29, 0.717) is 55.7 Å². The van der Waals surface area contributed by atoms with Crippen LogP contribution in [0.4, 0.5) is 8.78 Å². The minimum absolute atomic E-state index is 0.0702. The lowest BCUT2D eigenvalue weighted by atomic mass is 9.91. The Morgan fingerprint density at radius 1 is 0.761 bits per heavy atom. The van der Waals surface area contributed by atoms with Crippen molar-refractivity contribution in [3.05, 3.63) is 138 Å². The number of likely N-dealkylation sites (tertiary alicyclic amines) is 2. The normalized spacial score (nSPS) is 14.6. The van der Waals surface area contributed by atoms with E-state index in [1.807, 2.05) is 46.7 Å². The number of benzene rings is 2. The lowest BCUT2D eigenvalue weighted by Crippen LogP contribution is -2.39. The predicted molar refractivity (Wildman–Crippen MR) is 255 cm³/mol. The highest BCUT2D eigenvalue weighted by molar-refractivity contribution is 5.98. The van der Waals surface area contributed by atoms with Gasteiger partial charge in [0.2, 0.25) is 5.91 Å². The Labute approximate surface area is 389 Å². The average Bonchev–Trinajstić information content (AvgIpc) is 4.09. The SMILES string of the molecule is Cn1cc(CC(=O)N2CCC(CCCCNC(=O)c3cc4cnccc4[nH]3)CC2)c2ccccc21.O=C(NCCCCC1CCN(C(=O)c2cc(F)ccc2F)CC1)c1ccc2nccn2c1. The molecule has 5 aromatic heterocycles. The van der Waals surface area contributed by atoms with E-state index < -0.39 is 17.5 Å². The molecule has 2 aliphatic rings. The summed E-state index contributed by atoms with van der Waals surface area (Å²) in [6.45, 7) is 4.08. The number of hydrogen-bond acceptors (Lipinski definition) is 6. The van der Waals surface area contributed by atoms with Crippen molar-refractivity contribution in [2.75, 3.05) is 39.3 Å². The molecule has 0 unspecified atom stereocenters. The second kappa shape index (κ2) is 22.1. The van der Waals surface area contributed by atoms with Crippen molar-refractivity contribution in [3.8, 4) is 0 Å². The molecule has 2 fully saturated rings. The molecular weight excluding hydrogens is 853 g/mol. The van der Waals surface area contributed by atoms with E-state index in [4.69, 9.17) is 0 Å². The number of hydrogen-bond donors (Lipinski definition) is 3. The number of nitrogens with zero attached hydrogens (tertiary/aromatic N) is 6. The van der Waals surface area contributed by atoms with Gasteiger partial charge >= 0.3 is 0 Å². The molecule has 2 saturated heterocycles. The molecule has 0 spiro atoms. The van der Waals surface area contributed by atoms with Gasteiger partial charge < -0.3 is 34.4 Å². The molecule has 4 amide bonds. The summed E-state index contributed by atoms with van der Waals surface area (Å²) in [7, 11) is 2.03. The van der Waals surface area contributed by atoms with Crippen LogP contribution in [0.15, 0.2) is 104 Å². The maximum atomic E-state index is 13.9. The molecular formula is C52H59F2N9O4. The van der Waals surface area contributed by atoms with Crippen LogP contribution in [0.25, 0.3) is 27.5 Å². The number of pyridine rings is 2. The van der Waals surface area contributed by atoms with Gasteiger partial charge in [0, 0.05) is 105 Å². The molecule has 0 saturated carbocycles. The number of nitrogens with one attached hydrogen (secondary N) is 3. The number of H-pyrrole nitrogens is 1. The maximum absolute atomic E-state index is 13.9. The van der Waals surface area contributed by atoms with Crippen molar-refractivity contribution in [1.82, 2.24) is 44.4 Å². The number of amides is 4. The second-order valence-electron chi connectivity index (χ2n) is 17.9. The van der Waals surface area contributed by atoms with E-state index in [9.17, 15) is 28.0 Å². The number of fused-ring (bicyclic) bond motifs is 3. The third kappa shape index (κ3) is 11.9. The van der Waals surface area contributed by atoms with Crippen LogP contribution in [0.3, 0.4) is 0 Å². The van der Waals surface area contributed by atoms with Crippen molar-refractivity contribution in [3.63, 3.8) is 0 Å². The smallest absolute Gasteiger partial charge is 0.267 e. The van der Waals surface area contributed by atoms with Gasteiger partial charge in [-0.1, -0.05) is 43.9 Å². The van der Waals surface area contributed by atoms with Crippen LogP contribution in [-0.4, -0.2) is 96.6 Å². The van der Waals surface area contributed by atoms with Crippen molar-refractivity contribution in [1.29, 1.82) is 0 Å². The molecule has 67 heavy (non-hydrogen) atoms. The quantitative estimate of drug-likeness (QED) is 0.0879. The van der Waals surface area contributed by atoms with Crippen molar-refractivity contribution < 1.29 is 28.0 Å². The van der Waals surface area contributed by atoms with Crippen molar-refractivity contribution in [2.45, 2.75) is 70.6 Å². The van der Waals surface area contributed by atoms with Crippen LogP contribution in [0.2, 0.25) is 0 Å². The number of rotatable bonds is 15. The largest absolute Gasteiger partial charge is 0.352 e. The Bertz CT molecular complexity index is 2780. The predicted octanol–water partition coefficient (Wildman–Crippen LogP) is 8.50. The van der Waals surface area contributed by atoms with Gasteiger partial charge in [0.1, 0.15) is 23.0 Å². The zero-order valence-electron chi connectivity index (χ0n) is 38.1. The number of aromatic nitrogens is 5. The van der Waals surface area contributed by atoms with Crippen LogP contribution in [0.1, 0.15) is 101 Å². The van der Waals surface area contributed by atoms with Crippen LogP contribution in [0.5, 0.6) is 0 Å². The molecule has 13 nitrogen and oxygen atoms in total. The van der Waals surface area contributed by atoms with Crippen LogP contribution < -0.4 is 10.6 Å². The van der Waals surface area contributed by atoms with E-state index in [0.717, 1.165) is 118 Å². The first-order chi connectivity index (χ1) is 32.6. The first-order valence-electron chi connectivity index (χ1n) is 23.6. The van der Waals surface area contributed by atoms with Gasteiger partial charge in [-0.25, -0.2) is 13.8 Å². The van der Waals surface area contributed by atoms with Gasteiger partial charge in [0.25, 0.3) is 17.7 Å². The zero-order chi connectivity index (χ0) is 46.7. The molecule has 0 radical (unpaired) electrons. The van der Waals surface area contributed by atoms with Crippen LogP contribution in [-0.2, 0) is 18.3 Å². The summed E-state index contributed by atoms with van der Waals surface area (Å²) in [4.78, 5) is 65.1. The highest BCUT2D eigenvalue weighted by Gasteiger charge is 2.26. The Balaban J connectivity index is 0.000000182. The van der Waals surface area contributed by atoms with Gasteiger partial charge in [-0.3, -0.25) is 24.2 Å². The van der Waals surface area contributed by atoms with Gasteiger partial charge in [-0.2, -0.15) is 0 Å². The Hall–Kier alpha value is -6.90. The molecule has 0 bridgehead atoms. The van der Waals surface area contributed by atoms with Gasteiger partial charge in [-0.15, -0.1) is 0 Å². The summed E-state index contributed by atoms with van der Waals surface area (Å²) in [6, 6.07) is 18.5. The lowest BCUT2D eigenvalue weighted by Gasteiger charge is -2.32. The summed E-state index contributed by atoms with van der Waals surface area (Å²) in [5.41, 5.74) is 4.98. The fraction of sp³-hybridized carbons (Fsp3) is 0.385. The first-order valence-corrected chi connectivity index (χ1v) is 23.6. The molecule has 350 valence electrons. The molecule has 9 rings (SSSR count). The summed E-state index contributed by atoms with van der Waals surface area (Å²) in [5, 5.41) is 8.08. The molecule has 0 atom stereocenters. The highest BCUT2D eigenvalue weighted by Crippen LogP contribution is 2.27. The van der Waals surface area contributed by atoms with E-state index >= 15 is 0 Å². The van der Waals surface area contributed by atoms with Crippen LogP contribution in [0, 0.1) is 23.5 Å². The maximum Gasteiger partial charge on any atom is 0.267 e. The third-order valence-electron chi connectivity index (χ3n) is 13.3. The van der Waals surface area contributed by atoms with Crippen molar-refractivity contribution >= 4 is 51.1 Å². The average molecular weight is 912 g/mol. The van der Waals surface area contributed by atoms with E-state index in [-0.39, 0.29) is 23.3 Å². The number of aromatic amines is 1. The number of halogens is 2. The molecule has 2 aromatic carbocycles. The molecule has 7 aromatic rings. The second-order valence-corrected chi connectivity index (χ2v) is 17.9. The molecule has 15 heteroatoms. The fourth-order valence-electron chi connectivity index (χ4n) is 9.43. The number of imidazole rings is 1. The molecule has 7 heterocycles. The molecule has 3 N–H and O–H groups in total. The van der Waals surface area contributed by atoms with E-state index in [2.05, 4.69) is 48.5 Å². The summed E-state index contributed by atoms with van der Waals surface area (Å²) < 4.78 is 31.1. The summed E-state index contributed by atoms with van der Waals surface area (Å²) in [5.74, 6) is -0.530. The van der Waals surface area contributed by atoms with E-state index in [1.54, 1.807) is 42.0 Å². The number of carbonyl (C=O) groups is 4. The molecule has 2 aliphatic heterocycles. The van der Waals surface area contributed by atoms with Crippen LogP contribution >= 0.6 is 0 Å². The first kappa shape index (κ1) is 46.6. The monoisotopic (exact) mass is 911 g/mol. The fourth-order valence-corrected chi connectivity index (χ4v) is 9.43. The Morgan fingerprint density at radius 2 is 1.46 bits per heavy atom. The number of unbranched alkanes of at least 4 members (excludes halogenated alkanes) is 2.